The number of carbonyl (C=O) groups is 1. The lowest BCUT2D eigenvalue weighted by Crippen LogP contribution is -2.60. The van der Waals surface area contributed by atoms with Gasteiger partial charge in [0.2, 0.25) is 17.6 Å². The Kier molecular flexibility index (Phi) is 5.29. The minimum atomic E-state index is -0.645. The van der Waals surface area contributed by atoms with E-state index in [1.54, 1.807) is 11.3 Å². The van der Waals surface area contributed by atoms with Gasteiger partial charge < -0.3 is 15.2 Å². The van der Waals surface area contributed by atoms with Crippen molar-refractivity contribution in [3.63, 3.8) is 0 Å². The number of amides is 1. The van der Waals surface area contributed by atoms with Gasteiger partial charge in [-0.05, 0) is 31.2 Å². The lowest BCUT2D eigenvalue weighted by Gasteiger charge is -2.42. The predicted molar refractivity (Wildman–Crippen MR) is 104 cm³/mol. The van der Waals surface area contributed by atoms with Crippen molar-refractivity contribution >= 4 is 17.2 Å². The number of rotatable bonds is 4. The molecule has 0 spiro atoms. The van der Waals surface area contributed by atoms with Gasteiger partial charge in [-0.1, -0.05) is 30.5 Å². The molecule has 4 rings (SSSR count). The molecular formula is C19H27N5O2S. The molecule has 2 N–H and O–H groups in total. The van der Waals surface area contributed by atoms with Gasteiger partial charge in [0.05, 0.1) is 16.5 Å². The summed E-state index contributed by atoms with van der Waals surface area (Å²) in [6.07, 6.45) is 4.94. The number of aromatic nitrogens is 2. The molecule has 2 aliphatic rings. The number of piperazine rings is 1. The fourth-order valence-electron chi connectivity index (χ4n) is 4.09. The number of thiophene rings is 1. The molecule has 1 amide bonds. The first kappa shape index (κ1) is 18.6. The summed E-state index contributed by atoms with van der Waals surface area (Å²) in [5.41, 5.74) is 5.79. The first-order valence-corrected chi connectivity index (χ1v) is 10.6. The van der Waals surface area contributed by atoms with Crippen molar-refractivity contribution in [1.82, 2.24) is 19.9 Å². The third-order valence-corrected chi connectivity index (χ3v) is 6.73. The molecule has 0 aromatic carbocycles. The van der Waals surface area contributed by atoms with Gasteiger partial charge in [-0.3, -0.25) is 9.69 Å². The number of carbonyl (C=O) groups excluding carboxylic acids is 1. The third-order valence-electron chi connectivity index (χ3n) is 5.86. The highest BCUT2D eigenvalue weighted by molar-refractivity contribution is 7.13. The van der Waals surface area contributed by atoms with Crippen molar-refractivity contribution in [3.05, 3.63) is 23.4 Å². The number of hydrogen-bond donors (Lipinski definition) is 1. The fourth-order valence-corrected chi connectivity index (χ4v) is 4.74. The maximum Gasteiger partial charge on any atom is 0.244 e. The maximum atomic E-state index is 12.9. The minimum Gasteiger partial charge on any atom is -0.339 e. The minimum absolute atomic E-state index is 0.0324. The van der Waals surface area contributed by atoms with E-state index in [1.807, 2.05) is 22.4 Å². The van der Waals surface area contributed by atoms with E-state index in [-0.39, 0.29) is 11.9 Å². The van der Waals surface area contributed by atoms with Crippen molar-refractivity contribution in [2.24, 2.45) is 5.73 Å². The van der Waals surface area contributed by atoms with Crippen LogP contribution in [-0.4, -0.2) is 57.6 Å². The molecule has 8 heteroatoms. The second kappa shape index (κ2) is 7.69. The van der Waals surface area contributed by atoms with Crippen LogP contribution in [0.15, 0.2) is 22.0 Å². The molecule has 1 unspecified atom stereocenters. The molecule has 0 radical (unpaired) electrons. The average Bonchev–Trinajstić information content (AvgIpc) is 3.39. The molecule has 2 fully saturated rings. The topological polar surface area (TPSA) is 88.5 Å². The van der Waals surface area contributed by atoms with Crippen LogP contribution in [0.3, 0.4) is 0 Å². The Labute approximate surface area is 163 Å². The van der Waals surface area contributed by atoms with Crippen LogP contribution >= 0.6 is 11.3 Å². The van der Waals surface area contributed by atoms with Gasteiger partial charge in [0.15, 0.2) is 0 Å². The largest absolute Gasteiger partial charge is 0.339 e. The fraction of sp³-hybridized carbons (Fsp3) is 0.632. The van der Waals surface area contributed by atoms with Crippen LogP contribution < -0.4 is 5.73 Å². The van der Waals surface area contributed by atoms with E-state index in [0.29, 0.717) is 24.8 Å². The molecule has 7 nitrogen and oxygen atoms in total. The zero-order valence-corrected chi connectivity index (χ0v) is 16.6. The second-order valence-electron chi connectivity index (χ2n) is 7.65. The van der Waals surface area contributed by atoms with E-state index < -0.39 is 5.54 Å². The van der Waals surface area contributed by atoms with E-state index in [2.05, 4.69) is 22.0 Å². The Morgan fingerprint density at radius 1 is 1.26 bits per heavy atom. The average molecular weight is 390 g/mol. The van der Waals surface area contributed by atoms with Gasteiger partial charge in [0.1, 0.15) is 0 Å². The summed E-state index contributed by atoms with van der Waals surface area (Å²) >= 11 is 1.60. The normalized spacial score (nSPS) is 21.9. The van der Waals surface area contributed by atoms with Crippen molar-refractivity contribution in [3.8, 4) is 10.7 Å². The molecular weight excluding hydrogens is 362 g/mol. The zero-order valence-electron chi connectivity index (χ0n) is 15.8. The molecule has 1 saturated carbocycles. The van der Waals surface area contributed by atoms with Crippen molar-refractivity contribution in [2.45, 2.75) is 50.6 Å². The molecule has 1 aliphatic carbocycles. The van der Waals surface area contributed by atoms with E-state index in [1.165, 1.54) is 6.42 Å². The number of nitrogens with two attached hydrogens (primary N) is 1. The van der Waals surface area contributed by atoms with Gasteiger partial charge in [0, 0.05) is 26.2 Å². The standard InChI is InChI=1S/C19H27N5O2S/c1-14(17-21-16(22-26-17)15-6-5-13-27-15)23-9-11-24(12-10-23)18(25)19(20)7-3-2-4-8-19/h5-6,13-14H,2-4,7-12,20H2,1H3. The third kappa shape index (κ3) is 3.79. The molecule has 2 aromatic heterocycles. The molecule has 3 heterocycles. The van der Waals surface area contributed by atoms with Gasteiger partial charge in [0.25, 0.3) is 0 Å². The summed E-state index contributed by atoms with van der Waals surface area (Å²) in [6.45, 7) is 5.07. The zero-order chi connectivity index (χ0) is 18.9. The summed E-state index contributed by atoms with van der Waals surface area (Å²) in [5.74, 6) is 1.40. The Hall–Kier alpha value is -1.77. The Bertz CT molecular complexity index is 761. The van der Waals surface area contributed by atoms with Crippen LogP contribution in [0.4, 0.5) is 0 Å². The van der Waals surface area contributed by atoms with Crippen molar-refractivity contribution in [1.29, 1.82) is 0 Å². The predicted octanol–water partition coefficient (Wildman–Crippen LogP) is 2.66. The van der Waals surface area contributed by atoms with E-state index in [4.69, 9.17) is 10.3 Å². The molecule has 1 aliphatic heterocycles. The lowest BCUT2D eigenvalue weighted by atomic mass is 9.81. The molecule has 2 aromatic rings. The quantitative estimate of drug-likeness (QED) is 0.865. The number of hydrogen-bond acceptors (Lipinski definition) is 7. The Morgan fingerprint density at radius 2 is 2.00 bits per heavy atom. The van der Waals surface area contributed by atoms with Crippen LogP contribution in [0.5, 0.6) is 0 Å². The molecule has 1 saturated heterocycles. The first-order valence-electron chi connectivity index (χ1n) is 9.77. The van der Waals surface area contributed by atoms with Gasteiger partial charge in [-0.2, -0.15) is 4.98 Å². The smallest absolute Gasteiger partial charge is 0.244 e. The van der Waals surface area contributed by atoms with Crippen LogP contribution in [0, 0.1) is 0 Å². The SMILES string of the molecule is CC(c1nc(-c2cccs2)no1)N1CCN(C(=O)C2(N)CCCCC2)CC1. The van der Waals surface area contributed by atoms with E-state index >= 15 is 0 Å². The first-order chi connectivity index (χ1) is 13.1. The molecule has 0 bridgehead atoms. The number of nitrogens with zero attached hydrogens (tertiary/aromatic N) is 4. The van der Waals surface area contributed by atoms with E-state index in [0.717, 1.165) is 43.6 Å². The Morgan fingerprint density at radius 3 is 2.67 bits per heavy atom. The molecule has 1 atom stereocenters. The highest BCUT2D eigenvalue weighted by Crippen LogP contribution is 2.29. The molecule has 146 valence electrons. The monoisotopic (exact) mass is 389 g/mol. The summed E-state index contributed by atoms with van der Waals surface area (Å²) in [5, 5.41) is 6.11. The van der Waals surface area contributed by atoms with Crippen molar-refractivity contribution in [2.75, 3.05) is 26.2 Å². The summed E-state index contributed by atoms with van der Waals surface area (Å²) in [4.78, 5) is 22.7. The van der Waals surface area contributed by atoms with Crippen LogP contribution in [0.1, 0.15) is 51.0 Å². The van der Waals surface area contributed by atoms with E-state index in [9.17, 15) is 4.79 Å². The summed E-state index contributed by atoms with van der Waals surface area (Å²) in [7, 11) is 0. The van der Waals surface area contributed by atoms with Gasteiger partial charge in [-0.15, -0.1) is 11.3 Å². The summed E-state index contributed by atoms with van der Waals surface area (Å²) < 4.78 is 5.49. The highest BCUT2D eigenvalue weighted by Gasteiger charge is 2.39. The van der Waals surface area contributed by atoms with Gasteiger partial charge >= 0.3 is 0 Å². The molecule has 27 heavy (non-hydrogen) atoms. The maximum absolute atomic E-state index is 12.9. The lowest BCUT2D eigenvalue weighted by molar-refractivity contribution is -0.140. The van der Waals surface area contributed by atoms with Crippen molar-refractivity contribution < 1.29 is 9.32 Å². The van der Waals surface area contributed by atoms with Gasteiger partial charge in [-0.25, -0.2) is 0 Å². The second-order valence-corrected chi connectivity index (χ2v) is 8.60. The Balaban J connectivity index is 1.35. The highest BCUT2D eigenvalue weighted by atomic mass is 32.1. The van der Waals surface area contributed by atoms with Crippen LogP contribution in [0.2, 0.25) is 0 Å². The van der Waals surface area contributed by atoms with Crippen LogP contribution in [0.25, 0.3) is 10.7 Å². The van der Waals surface area contributed by atoms with Crippen LogP contribution in [-0.2, 0) is 4.79 Å². The summed E-state index contributed by atoms with van der Waals surface area (Å²) in [6, 6.07) is 4.00.